The standard InChI is InChI=1S/C14H25N3O/c1-11(2)13(15)7-8-17(3)10-12-5-6-14(18-4)16-9-12/h5-6,9,11,13H,7-8,10,15H2,1-4H3. The number of aromatic nitrogens is 1. The molecule has 102 valence electrons. The minimum absolute atomic E-state index is 0.279. The first kappa shape index (κ1) is 14.9. The smallest absolute Gasteiger partial charge is 0.212 e. The van der Waals surface area contributed by atoms with Crippen molar-refractivity contribution in [3.8, 4) is 5.88 Å². The fraction of sp³-hybridized carbons (Fsp3) is 0.643. The van der Waals surface area contributed by atoms with Crippen LogP contribution in [-0.4, -0.2) is 36.6 Å². The third-order valence-electron chi connectivity index (χ3n) is 3.16. The SMILES string of the molecule is COc1ccc(CN(C)CCC(N)C(C)C)cn1. The highest BCUT2D eigenvalue weighted by molar-refractivity contribution is 5.17. The maximum atomic E-state index is 6.04. The Labute approximate surface area is 110 Å². The summed E-state index contributed by atoms with van der Waals surface area (Å²) < 4.78 is 5.04. The Kier molecular flexibility index (Phi) is 6.09. The summed E-state index contributed by atoms with van der Waals surface area (Å²) >= 11 is 0. The molecule has 0 saturated carbocycles. The lowest BCUT2D eigenvalue weighted by molar-refractivity contribution is 0.296. The summed E-state index contributed by atoms with van der Waals surface area (Å²) in [5, 5.41) is 0. The third kappa shape index (κ3) is 5.02. The minimum Gasteiger partial charge on any atom is -0.481 e. The van der Waals surface area contributed by atoms with Crippen LogP contribution in [0.1, 0.15) is 25.8 Å². The first-order valence-electron chi connectivity index (χ1n) is 6.46. The highest BCUT2D eigenvalue weighted by Gasteiger charge is 2.09. The Morgan fingerprint density at radius 1 is 1.39 bits per heavy atom. The van der Waals surface area contributed by atoms with Gasteiger partial charge in [-0.2, -0.15) is 0 Å². The molecule has 0 saturated heterocycles. The van der Waals surface area contributed by atoms with Gasteiger partial charge in [0, 0.05) is 24.8 Å². The first-order chi connectivity index (χ1) is 8.52. The van der Waals surface area contributed by atoms with Crippen LogP contribution in [0, 0.1) is 5.92 Å². The van der Waals surface area contributed by atoms with Crippen molar-refractivity contribution in [3.63, 3.8) is 0 Å². The first-order valence-corrected chi connectivity index (χ1v) is 6.46. The summed E-state index contributed by atoms with van der Waals surface area (Å²) in [7, 11) is 3.73. The topological polar surface area (TPSA) is 51.4 Å². The largest absolute Gasteiger partial charge is 0.481 e. The summed E-state index contributed by atoms with van der Waals surface area (Å²) in [6.07, 6.45) is 2.88. The van der Waals surface area contributed by atoms with Gasteiger partial charge in [0.1, 0.15) is 0 Å². The average molecular weight is 251 g/mol. The van der Waals surface area contributed by atoms with Crippen LogP contribution < -0.4 is 10.5 Å². The average Bonchev–Trinajstić information content (AvgIpc) is 2.36. The van der Waals surface area contributed by atoms with Crippen LogP contribution in [0.15, 0.2) is 18.3 Å². The quantitative estimate of drug-likeness (QED) is 0.804. The molecule has 0 aromatic carbocycles. The third-order valence-corrected chi connectivity index (χ3v) is 3.16. The molecule has 0 aliphatic carbocycles. The van der Waals surface area contributed by atoms with Crippen LogP contribution >= 0.6 is 0 Å². The van der Waals surface area contributed by atoms with E-state index in [1.165, 1.54) is 5.56 Å². The molecule has 0 fully saturated rings. The van der Waals surface area contributed by atoms with Gasteiger partial charge in [-0.05, 0) is 31.5 Å². The Morgan fingerprint density at radius 2 is 2.11 bits per heavy atom. The van der Waals surface area contributed by atoms with Crippen molar-refractivity contribution in [2.75, 3.05) is 20.7 Å². The molecule has 0 radical (unpaired) electrons. The number of nitrogens with zero attached hydrogens (tertiary/aromatic N) is 2. The van der Waals surface area contributed by atoms with E-state index in [2.05, 4.69) is 30.8 Å². The molecule has 2 N–H and O–H groups in total. The lowest BCUT2D eigenvalue weighted by Crippen LogP contribution is -2.31. The van der Waals surface area contributed by atoms with Crippen molar-refractivity contribution >= 4 is 0 Å². The van der Waals surface area contributed by atoms with Crippen LogP contribution in [-0.2, 0) is 6.54 Å². The summed E-state index contributed by atoms with van der Waals surface area (Å²) in [5.74, 6) is 1.20. The molecule has 0 amide bonds. The van der Waals surface area contributed by atoms with Crippen molar-refractivity contribution < 1.29 is 4.74 Å². The van der Waals surface area contributed by atoms with Gasteiger partial charge >= 0.3 is 0 Å². The number of rotatable bonds is 7. The van der Waals surface area contributed by atoms with Gasteiger partial charge in [-0.15, -0.1) is 0 Å². The molecule has 0 bridgehead atoms. The van der Waals surface area contributed by atoms with Gasteiger partial charge in [-0.25, -0.2) is 4.98 Å². The maximum Gasteiger partial charge on any atom is 0.212 e. The fourth-order valence-electron chi connectivity index (χ4n) is 1.72. The highest BCUT2D eigenvalue weighted by Crippen LogP contribution is 2.09. The molecule has 1 aromatic rings. The van der Waals surface area contributed by atoms with Crippen LogP contribution in [0.4, 0.5) is 0 Å². The van der Waals surface area contributed by atoms with E-state index in [0.29, 0.717) is 11.8 Å². The van der Waals surface area contributed by atoms with E-state index in [1.807, 2.05) is 18.3 Å². The molecule has 4 nitrogen and oxygen atoms in total. The van der Waals surface area contributed by atoms with Crippen LogP contribution in [0.3, 0.4) is 0 Å². The molecule has 4 heteroatoms. The fourth-order valence-corrected chi connectivity index (χ4v) is 1.72. The van der Waals surface area contributed by atoms with Crippen molar-refractivity contribution in [1.29, 1.82) is 0 Å². The zero-order chi connectivity index (χ0) is 13.5. The molecular weight excluding hydrogens is 226 g/mol. The van der Waals surface area contributed by atoms with Crippen molar-refractivity contribution in [2.45, 2.75) is 32.9 Å². The molecule has 18 heavy (non-hydrogen) atoms. The lowest BCUT2D eigenvalue weighted by Gasteiger charge is -2.21. The van der Waals surface area contributed by atoms with Crippen LogP contribution in [0.2, 0.25) is 0 Å². The summed E-state index contributed by atoms with van der Waals surface area (Å²) in [5.41, 5.74) is 7.23. The Morgan fingerprint density at radius 3 is 2.61 bits per heavy atom. The normalized spacial score (nSPS) is 13.1. The molecule has 0 aliphatic heterocycles. The van der Waals surface area contributed by atoms with E-state index in [9.17, 15) is 0 Å². The van der Waals surface area contributed by atoms with Gasteiger partial charge in [0.2, 0.25) is 5.88 Å². The van der Waals surface area contributed by atoms with Crippen LogP contribution in [0.5, 0.6) is 5.88 Å². The Hall–Kier alpha value is -1.13. The molecule has 1 heterocycles. The van der Waals surface area contributed by atoms with Crippen molar-refractivity contribution in [2.24, 2.45) is 11.7 Å². The zero-order valence-electron chi connectivity index (χ0n) is 11.9. The number of nitrogens with two attached hydrogens (primary N) is 1. The number of hydrogen-bond acceptors (Lipinski definition) is 4. The second-order valence-corrected chi connectivity index (χ2v) is 5.14. The van der Waals surface area contributed by atoms with Gasteiger partial charge in [0.15, 0.2) is 0 Å². The monoisotopic (exact) mass is 251 g/mol. The van der Waals surface area contributed by atoms with E-state index in [-0.39, 0.29) is 6.04 Å². The number of hydrogen-bond donors (Lipinski definition) is 1. The molecule has 1 unspecified atom stereocenters. The lowest BCUT2D eigenvalue weighted by atomic mass is 10.0. The van der Waals surface area contributed by atoms with E-state index in [1.54, 1.807) is 7.11 Å². The maximum absolute atomic E-state index is 6.04. The van der Waals surface area contributed by atoms with Gasteiger partial charge in [0.25, 0.3) is 0 Å². The van der Waals surface area contributed by atoms with E-state index < -0.39 is 0 Å². The summed E-state index contributed by atoms with van der Waals surface area (Å²) in [6.45, 7) is 6.23. The summed E-state index contributed by atoms with van der Waals surface area (Å²) in [6, 6.07) is 4.22. The van der Waals surface area contributed by atoms with Gasteiger partial charge in [-0.3, -0.25) is 0 Å². The zero-order valence-corrected chi connectivity index (χ0v) is 11.9. The molecule has 0 spiro atoms. The van der Waals surface area contributed by atoms with Gasteiger partial charge < -0.3 is 15.4 Å². The van der Waals surface area contributed by atoms with Crippen molar-refractivity contribution in [3.05, 3.63) is 23.9 Å². The second kappa shape index (κ2) is 7.34. The number of ether oxygens (including phenoxy) is 1. The molecule has 1 atom stereocenters. The second-order valence-electron chi connectivity index (χ2n) is 5.14. The van der Waals surface area contributed by atoms with Crippen LogP contribution in [0.25, 0.3) is 0 Å². The highest BCUT2D eigenvalue weighted by atomic mass is 16.5. The van der Waals surface area contributed by atoms with Gasteiger partial charge in [-0.1, -0.05) is 19.9 Å². The minimum atomic E-state index is 0.279. The molecule has 1 rings (SSSR count). The number of pyridine rings is 1. The molecule has 0 aliphatic rings. The van der Waals surface area contributed by atoms with E-state index >= 15 is 0 Å². The van der Waals surface area contributed by atoms with E-state index in [0.717, 1.165) is 19.5 Å². The summed E-state index contributed by atoms with van der Waals surface area (Å²) in [4.78, 5) is 6.47. The van der Waals surface area contributed by atoms with E-state index in [4.69, 9.17) is 10.5 Å². The van der Waals surface area contributed by atoms with Crippen molar-refractivity contribution in [1.82, 2.24) is 9.88 Å². The Balaban J connectivity index is 2.37. The molecule has 1 aromatic heterocycles. The van der Waals surface area contributed by atoms with Gasteiger partial charge in [0.05, 0.1) is 7.11 Å². The predicted molar refractivity (Wildman–Crippen MR) is 74.6 cm³/mol. The number of methoxy groups -OCH3 is 1. The predicted octanol–water partition coefficient (Wildman–Crippen LogP) is 1.90. The molecular formula is C14H25N3O. The Bertz CT molecular complexity index is 337.